The summed E-state index contributed by atoms with van der Waals surface area (Å²) in [5, 5.41) is 6.29. The number of rotatable bonds is 6. The van der Waals surface area contributed by atoms with E-state index in [0.29, 0.717) is 24.0 Å². The lowest BCUT2D eigenvalue weighted by Crippen LogP contribution is -2.45. The van der Waals surface area contributed by atoms with Gasteiger partial charge >= 0.3 is 0 Å². The van der Waals surface area contributed by atoms with Gasteiger partial charge in [-0.25, -0.2) is 4.98 Å². The number of aromatic nitrogens is 1. The van der Waals surface area contributed by atoms with Crippen LogP contribution in [0.3, 0.4) is 0 Å². The third kappa shape index (κ3) is 5.20. The number of carbonyl (C=O) groups excluding carboxylic acids is 1. The van der Waals surface area contributed by atoms with Gasteiger partial charge in [0, 0.05) is 24.8 Å². The maximum absolute atomic E-state index is 12.5. The van der Waals surface area contributed by atoms with Crippen molar-refractivity contribution in [3.05, 3.63) is 23.9 Å². The van der Waals surface area contributed by atoms with Crippen LogP contribution in [0.4, 0.5) is 5.82 Å². The molecule has 0 aromatic carbocycles. The molecule has 128 valence electrons. The predicted octanol–water partition coefficient (Wildman–Crippen LogP) is 2.75. The molecule has 1 fully saturated rings. The van der Waals surface area contributed by atoms with Crippen molar-refractivity contribution >= 4 is 11.7 Å². The van der Waals surface area contributed by atoms with Gasteiger partial charge in [0.15, 0.2) is 0 Å². The van der Waals surface area contributed by atoms with Crippen LogP contribution in [0.5, 0.6) is 0 Å². The number of likely N-dealkylation sites (tertiary alicyclic amines) is 1. The zero-order valence-corrected chi connectivity index (χ0v) is 14.8. The largest absolute Gasteiger partial charge is 0.367 e. The normalized spacial score (nSPS) is 18.0. The Labute approximate surface area is 139 Å². The van der Waals surface area contributed by atoms with Crippen LogP contribution in [0.1, 0.15) is 50.9 Å². The summed E-state index contributed by atoms with van der Waals surface area (Å²) in [5.74, 6) is 1.42. The van der Waals surface area contributed by atoms with Crippen molar-refractivity contribution in [2.45, 2.75) is 52.6 Å². The molecule has 2 N–H and O–H groups in total. The third-order valence-electron chi connectivity index (χ3n) is 4.48. The Kier molecular flexibility index (Phi) is 6.39. The van der Waals surface area contributed by atoms with Crippen LogP contribution in [0.2, 0.25) is 0 Å². The second-order valence-corrected chi connectivity index (χ2v) is 6.98. The van der Waals surface area contributed by atoms with E-state index in [2.05, 4.69) is 34.4 Å². The molecule has 5 nitrogen and oxygen atoms in total. The lowest BCUT2D eigenvalue weighted by atomic mass is 9.98. The predicted molar refractivity (Wildman–Crippen MR) is 94.8 cm³/mol. The van der Waals surface area contributed by atoms with Crippen LogP contribution in [0.25, 0.3) is 0 Å². The summed E-state index contributed by atoms with van der Waals surface area (Å²) in [5.41, 5.74) is 0.612. The Morgan fingerprint density at radius 1 is 1.35 bits per heavy atom. The lowest BCUT2D eigenvalue weighted by molar-refractivity contribution is 0.0922. The van der Waals surface area contributed by atoms with Gasteiger partial charge in [0.1, 0.15) is 5.82 Å². The van der Waals surface area contributed by atoms with E-state index in [0.717, 1.165) is 19.0 Å². The number of pyridine rings is 1. The smallest absolute Gasteiger partial charge is 0.255 e. The van der Waals surface area contributed by atoms with Crippen molar-refractivity contribution in [2.24, 2.45) is 5.92 Å². The van der Waals surface area contributed by atoms with Crippen LogP contribution in [-0.2, 0) is 0 Å². The van der Waals surface area contributed by atoms with Crippen LogP contribution in [-0.4, -0.2) is 47.5 Å². The number of carbonyl (C=O) groups is 1. The first kappa shape index (κ1) is 17.7. The van der Waals surface area contributed by atoms with Gasteiger partial charge in [-0.3, -0.25) is 9.69 Å². The molecule has 1 aromatic heterocycles. The van der Waals surface area contributed by atoms with Crippen molar-refractivity contribution in [3.63, 3.8) is 0 Å². The fourth-order valence-electron chi connectivity index (χ4n) is 2.91. The Hall–Kier alpha value is -1.62. The van der Waals surface area contributed by atoms with Gasteiger partial charge in [0.25, 0.3) is 5.91 Å². The minimum atomic E-state index is -0.0570. The molecule has 2 heterocycles. The number of nitrogens with zero attached hydrogens (tertiary/aromatic N) is 2. The fraction of sp³-hybridized carbons (Fsp3) is 0.667. The number of hydrogen-bond donors (Lipinski definition) is 2. The highest BCUT2D eigenvalue weighted by Crippen LogP contribution is 2.18. The van der Waals surface area contributed by atoms with E-state index in [4.69, 9.17) is 0 Å². The highest BCUT2D eigenvalue weighted by molar-refractivity contribution is 5.98. The summed E-state index contributed by atoms with van der Waals surface area (Å²) in [7, 11) is 0. The summed E-state index contributed by atoms with van der Waals surface area (Å²) in [4.78, 5) is 19.2. The van der Waals surface area contributed by atoms with Crippen molar-refractivity contribution in [3.8, 4) is 0 Å². The molecule has 0 spiro atoms. The van der Waals surface area contributed by atoms with Gasteiger partial charge < -0.3 is 10.6 Å². The fourth-order valence-corrected chi connectivity index (χ4v) is 2.91. The molecule has 1 aliphatic rings. The van der Waals surface area contributed by atoms with E-state index >= 15 is 0 Å². The van der Waals surface area contributed by atoms with Crippen LogP contribution < -0.4 is 10.6 Å². The highest BCUT2D eigenvalue weighted by Gasteiger charge is 2.21. The van der Waals surface area contributed by atoms with Crippen LogP contribution >= 0.6 is 0 Å². The highest BCUT2D eigenvalue weighted by atomic mass is 16.1. The zero-order valence-electron chi connectivity index (χ0n) is 14.8. The Morgan fingerprint density at radius 2 is 2.04 bits per heavy atom. The average molecular weight is 318 g/mol. The van der Waals surface area contributed by atoms with E-state index in [1.807, 2.05) is 19.9 Å². The van der Waals surface area contributed by atoms with Gasteiger partial charge in [-0.2, -0.15) is 0 Å². The molecule has 23 heavy (non-hydrogen) atoms. The van der Waals surface area contributed by atoms with E-state index in [-0.39, 0.29) is 11.9 Å². The number of amides is 1. The maximum atomic E-state index is 12.5. The molecule has 1 amide bonds. The monoisotopic (exact) mass is 318 g/mol. The molecule has 5 heteroatoms. The first-order valence-electron chi connectivity index (χ1n) is 8.71. The van der Waals surface area contributed by atoms with Gasteiger partial charge in [-0.1, -0.05) is 6.92 Å². The number of nitrogens with one attached hydrogen (secondary N) is 2. The maximum Gasteiger partial charge on any atom is 0.255 e. The summed E-state index contributed by atoms with van der Waals surface area (Å²) in [6.45, 7) is 11.5. The molecule has 0 saturated carbocycles. The molecular formula is C18H30N4O. The Balaban J connectivity index is 1.89. The summed E-state index contributed by atoms with van der Waals surface area (Å²) in [6.07, 6.45) is 4.21. The summed E-state index contributed by atoms with van der Waals surface area (Å²) < 4.78 is 0. The number of piperidine rings is 1. The van der Waals surface area contributed by atoms with Crippen molar-refractivity contribution in [1.29, 1.82) is 0 Å². The SMILES string of the molecule is CC1CCN(C(C)CNC(=O)c2cccnc2NC(C)C)CC1. The topological polar surface area (TPSA) is 57.3 Å². The molecule has 0 bridgehead atoms. The molecule has 1 saturated heterocycles. The first-order chi connectivity index (χ1) is 11.0. The first-order valence-corrected chi connectivity index (χ1v) is 8.71. The van der Waals surface area contributed by atoms with Crippen molar-refractivity contribution in [2.75, 3.05) is 25.0 Å². The van der Waals surface area contributed by atoms with Gasteiger partial charge in [0.05, 0.1) is 5.56 Å². The molecule has 1 unspecified atom stereocenters. The third-order valence-corrected chi connectivity index (χ3v) is 4.48. The minimum absolute atomic E-state index is 0.0570. The second kappa shape index (κ2) is 8.29. The Bertz CT molecular complexity index is 509. The summed E-state index contributed by atoms with van der Waals surface area (Å²) >= 11 is 0. The van der Waals surface area contributed by atoms with Crippen molar-refractivity contribution in [1.82, 2.24) is 15.2 Å². The van der Waals surface area contributed by atoms with E-state index < -0.39 is 0 Å². The molecule has 1 atom stereocenters. The van der Waals surface area contributed by atoms with Crippen LogP contribution in [0, 0.1) is 5.92 Å². The standard InChI is InChI=1S/C18H30N4O/c1-13(2)21-17-16(6-5-9-19-17)18(23)20-12-15(4)22-10-7-14(3)8-11-22/h5-6,9,13-15H,7-8,10-12H2,1-4H3,(H,19,21)(H,20,23). The molecular weight excluding hydrogens is 288 g/mol. The molecule has 0 aliphatic carbocycles. The quantitative estimate of drug-likeness (QED) is 0.847. The molecule has 0 radical (unpaired) electrons. The lowest BCUT2D eigenvalue weighted by Gasteiger charge is -2.35. The van der Waals surface area contributed by atoms with Crippen LogP contribution in [0.15, 0.2) is 18.3 Å². The minimum Gasteiger partial charge on any atom is -0.367 e. The van der Waals surface area contributed by atoms with Crippen molar-refractivity contribution < 1.29 is 4.79 Å². The Morgan fingerprint density at radius 3 is 2.70 bits per heavy atom. The molecule has 2 rings (SSSR count). The van der Waals surface area contributed by atoms with E-state index in [1.165, 1.54) is 12.8 Å². The second-order valence-electron chi connectivity index (χ2n) is 6.98. The van der Waals surface area contributed by atoms with Gasteiger partial charge in [-0.05, 0) is 64.8 Å². The summed E-state index contributed by atoms with van der Waals surface area (Å²) in [6, 6.07) is 4.23. The molecule has 1 aromatic rings. The molecule has 1 aliphatic heterocycles. The van der Waals surface area contributed by atoms with Gasteiger partial charge in [-0.15, -0.1) is 0 Å². The number of anilines is 1. The zero-order chi connectivity index (χ0) is 16.8. The number of hydrogen-bond acceptors (Lipinski definition) is 4. The van der Waals surface area contributed by atoms with Gasteiger partial charge in [0.2, 0.25) is 0 Å². The van der Waals surface area contributed by atoms with E-state index in [9.17, 15) is 4.79 Å². The average Bonchev–Trinajstić information content (AvgIpc) is 2.53. The van der Waals surface area contributed by atoms with E-state index in [1.54, 1.807) is 12.3 Å².